The number of esters is 1. The van der Waals surface area contributed by atoms with Crippen molar-refractivity contribution in [3.05, 3.63) is 68.2 Å². The Kier molecular flexibility index (Phi) is 5.32. The molecule has 2 aromatic heterocycles. The molecule has 0 N–H and O–H groups in total. The van der Waals surface area contributed by atoms with Crippen LogP contribution in [0.5, 0.6) is 0 Å². The summed E-state index contributed by atoms with van der Waals surface area (Å²) in [6.07, 6.45) is 0.651. The van der Waals surface area contributed by atoms with E-state index in [1.165, 1.54) is 11.3 Å². The maximum absolute atomic E-state index is 12.9. The van der Waals surface area contributed by atoms with Gasteiger partial charge in [-0.15, -0.1) is 11.3 Å². The van der Waals surface area contributed by atoms with Crippen molar-refractivity contribution < 1.29 is 9.53 Å². The summed E-state index contributed by atoms with van der Waals surface area (Å²) in [5.74, 6) is -0.606. The molecule has 6 nitrogen and oxygen atoms in total. The number of benzene rings is 1. The van der Waals surface area contributed by atoms with E-state index >= 15 is 0 Å². The quantitative estimate of drug-likeness (QED) is 0.632. The van der Waals surface area contributed by atoms with Crippen LogP contribution in [-0.2, 0) is 29.0 Å². The van der Waals surface area contributed by atoms with Crippen molar-refractivity contribution >= 4 is 27.5 Å². The average molecular weight is 386 g/mol. The van der Waals surface area contributed by atoms with Gasteiger partial charge < -0.3 is 4.74 Å². The van der Waals surface area contributed by atoms with Crippen LogP contribution in [0.2, 0.25) is 0 Å². The molecule has 27 heavy (non-hydrogen) atoms. The zero-order chi connectivity index (χ0) is 19.6. The monoisotopic (exact) mass is 386 g/mol. The van der Waals surface area contributed by atoms with Gasteiger partial charge in [-0.3, -0.25) is 14.2 Å². The molecule has 0 saturated heterocycles. The molecule has 0 spiro atoms. The van der Waals surface area contributed by atoms with E-state index in [9.17, 15) is 14.4 Å². The fraction of sp³-hybridized carbons (Fsp3) is 0.350. The second-order valence-electron chi connectivity index (χ2n) is 7.29. The first-order chi connectivity index (χ1) is 12.8. The predicted molar refractivity (Wildman–Crippen MR) is 106 cm³/mol. The topological polar surface area (TPSA) is 70.3 Å². The minimum atomic E-state index is -0.681. The number of fused-ring (bicyclic) bond motifs is 1. The van der Waals surface area contributed by atoms with E-state index in [4.69, 9.17) is 4.74 Å². The van der Waals surface area contributed by atoms with Gasteiger partial charge in [0.2, 0.25) is 0 Å². The van der Waals surface area contributed by atoms with Crippen LogP contribution in [0.1, 0.15) is 26.3 Å². The molecule has 0 saturated carbocycles. The number of ether oxygens (including phenoxy) is 1. The zero-order valence-corrected chi connectivity index (χ0v) is 16.4. The van der Waals surface area contributed by atoms with Crippen molar-refractivity contribution in [1.29, 1.82) is 0 Å². The first-order valence-electron chi connectivity index (χ1n) is 8.73. The summed E-state index contributed by atoms with van der Waals surface area (Å²) >= 11 is 1.35. The fourth-order valence-electron chi connectivity index (χ4n) is 2.86. The third-order valence-electron chi connectivity index (χ3n) is 4.00. The van der Waals surface area contributed by atoms with Gasteiger partial charge in [-0.05, 0) is 44.2 Å². The van der Waals surface area contributed by atoms with E-state index in [2.05, 4.69) is 0 Å². The Labute approximate surface area is 160 Å². The standard InChI is InChI=1S/C20H22N2O4S/c1-20(2,3)26-16(23)13-22-17(24)15-10-12-27-18(15)21(19(22)25)11-9-14-7-5-4-6-8-14/h4-8,10,12H,9,11,13H2,1-3H3. The minimum Gasteiger partial charge on any atom is -0.459 e. The van der Waals surface area contributed by atoms with Gasteiger partial charge in [-0.1, -0.05) is 30.3 Å². The van der Waals surface area contributed by atoms with Gasteiger partial charge >= 0.3 is 11.7 Å². The summed E-state index contributed by atoms with van der Waals surface area (Å²) in [7, 11) is 0. The van der Waals surface area contributed by atoms with Crippen molar-refractivity contribution in [3.8, 4) is 0 Å². The molecule has 0 aliphatic heterocycles. The number of rotatable bonds is 5. The molecule has 2 heterocycles. The van der Waals surface area contributed by atoms with E-state index in [1.807, 2.05) is 30.3 Å². The molecule has 0 aliphatic carbocycles. The van der Waals surface area contributed by atoms with E-state index < -0.39 is 29.4 Å². The number of nitrogens with zero attached hydrogens (tertiary/aromatic N) is 2. The Morgan fingerprint density at radius 2 is 1.78 bits per heavy atom. The highest BCUT2D eigenvalue weighted by Gasteiger charge is 2.20. The number of carbonyl (C=O) groups excluding carboxylic acids is 1. The molecular formula is C20H22N2O4S. The fourth-order valence-corrected chi connectivity index (χ4v) is 3.77. The van der Waals surface area contributed by atoms with Crippen molar-refractivity contribution in [2.24, 2.45) is 0 Å². The largest absolute Gasteiger partial charge is 0.459 e. The average Bonchev–Trinajstić information content (AvgIpc) is 3.07. The van der Waals surface area contributed by atoms with Crippen molar-refractivity contribution in [1.82, 2.24) is 9.13 Å². The SMILES string of the molecule is CC(C)(C)OC(=O)Cn1c(=O)c2ccsc2n(CCc2ccccc2)c1=O. The van der Waals surface area contributed by atoms with Crippen LogP contribution in [0.15, 0.2) is 51.4 Å². The van der Waals surface area contributed by atoms with Gasteiger partial charge in [0.15, 0.2) is 0 Å². The van der Waals surface area contributed by atoms with Crippen LogP contribution in [0.3, 0.4) is 0 Å². The third-order valence-corrected chi connectivity index (χ3v) is 4.94. The van der Waals surface area contributed by atoms with Crippen molar-refractivity contribution in [2.45, 2.75) is 45.9 Å². The van der Waals surface area contributed by atoms with E-state index in [0.29, 0.717) is 23.2 Å². The second kappa shape index (κ2) is 7.52. The van der Waals surface area contributed by atoms with E-state index in [-0.39, 0.29) is 0 Å². The Balaban J connectivity index is 1.98. The molecule has 0 bridgehead atoms. The molecule has 7 heteroatoms. The molecule has 0 aliphatic rings. The molecule has 3 aromatic rings. The molecule has 0 amide bonds. The molecule has 3 rings (SSSR count). The van der Waals surface area contributed by atoms with Crippen molar-refractivity contribution in [2.75, 3.05) is 0 Å². The molecular weight excluding hydrogens is 364 g/mol. The number of aromatic nitrogens is 2. The Hall–Kier alpha value is -2.67. The van der Waals surface area contributed by atoms with Crippen LogP contribution >= 0.6 is 11.3 Å². The summed E-state index contributed by atoms with van der Waals surface area (Å²) in [4.78, 5) is 38.4. The lowest BCUT2D eigenvalue weighted by atomic mass is 10.1. The molecule has 1 aromatic carbocycles. The number of carbonyl (C=O) groups is 1. The molecule has 0 fully saturated rings. The maximum Gasteiger partial charge on any atom is 0.332 e. The molecule has 142 valence electrons. The molecule has 0 atom stereocenters. The Morgan fingerprint density at radius 1 is 1.07 bits per heavy atom. The highest BCUT2D eigenvalue weighted by molar-refractivity contribution is 7.16. The van der Waals surface area contributed by atoms with Crippen LogP contribution < -0.4 is 11.2 Å². The highest BCUT2D eigenvalue weighted by atomic mass is 32.1. The van der Waals surface area contributed by atoms with E-state index in [1.54, 1.807) is 36.8 Å². The first-order valence-corrected chi connectivity index (χ1v) is 9.61. The lowest BCUT2D eigenvalue weighted by molar-refractivity contribution is -0.155. The van der Waals surface area contributed by atoms with Crippen LogP contribution in [0, 0.1) is 0 Å². The molecule has 0 unspecified atom stereocenters. The number of thiophene rings is 1. The lowest BCUT2D eigenvalue weighted by Crippen LogP contribution is -2.42. The number of hydrogen-bond donors (Lipinski definition) is 0. The van der Waals surface area contributed by atoms with Crippen molar-refractivity contribution in [3.63, 3.8) is 0 Å². The summed E-state index contributed by atoms with van der Waals surface area (Å²) < 4.78 is 7.80. The molecule has 0 radical (unpaired) electrons. The highest BCUT2D eigenvalue weighted by Crippen LogP contribution is 2.16. The number of aryl methyl sites for hydroxylation is 2. The van der Waals surface area contributed by atoms with Gasteiger partial charge in [0, 0.05) is 6.54 Å². The van der Waals surface area contributed by atoms with Gasteiger partial charge in [0.05, 0.1) is 5.39 Å². The first kappa shape index (κ1) is 19.1. The van der Waals surface area contributed by atoms with Gasteiger partial charge in [0.1, 0.15) is 17.0 Å². The van der Waals surface area contributed by atoms with Crippen LogP contribution in [-0.4, -0.2) is 20.7 Å². The smallest absolute Gasteiger partial charge is 0.332 e. The third kappa shape index (κ3) is 4.36. The Bertz CT molecular complexity index is 1070. The van der Waals surface area contributed by atoms with Gasteiger partial charge in [-0.25, -0.2) is 9.36 Å². The minimum absolute atomic E-state index is 0.397. The summed E-state index contributed by atoms with van der Waals surface area (Å²) in [6.45, 7) is 5.26. The maximum atomic E-state index is 12.9. The van der Waals surface area contributed by atoms with E-state index in [0.717, 1.165) is 10.1 Å². The number of hydrogen-bond acceptors (Lipinski definition) is 5. The summed E-state index contributed by atoms with van der Waals surface area (Å²) in [5.41, 5.74) is -0.534. The summed E-state index contributed by atoms with van der Waals surface area (Å²) in [6, 6.07) is 11.5. The lowest BCUT2D eigenvalue weighted by Gasteiger charge is -2.20. The normalized spacial score (nSPS) is 11.7. The zero-order valence-electron chi connectivity index (χ0n) is 15.6. The van der Waals surface area contributed by atoms with Crippen LogP contribution in [0.4, 0.5) is 0 Å². The second-order valence-corrected chi connectivity index (χ2v) is 8.18. The summed E-state index contributed by atoms with van der Waals surface area (Å²) in [5, 5.41) is 2.22. The van der Waals surface area contributed by atoms with Gasteiger partial charge in [-0.2, -0.15) is 0 Å². The Morgan fingerprint density at radius 3 is 2.44 bits per heavy atom. The van der Waals surface area contributed by atoms with Crippen LogP contribution in [0.25, 0.3) is 10.2 Å². The van der Waals surface area contributed by atoms with Gasteiger partial charge in [0.25, 0.3) is 5.56 Å². The predicted octanol–water partition coefficient (Wildman–Crippen LogP) is 2.81.